The molecule has 0 saturated carbocycles. The molecule has 4 nitrogen and oxygen atoms in total. The molecule has 0 aliphatic carbocycles. The standard InChI is InChI=1S/C13H11BrN4/c1-2-13-15-16-17-18(13)12-8-7-11(14)9-5-3-4-6-10(9)12/h3-8H,2H2,1H3. The first-order valence-electron chi connectivity index (χ1n) is 5.76. The predicted octanol–water partition coefficient (Wildman–Crippen LogP) is 3.14. The van der Waals surface area contributed by atoms with Crippen LogP contribution < -0.4 is 0 Å². The summed E-state index contributed by atoms with van der Waals surface area (Å²) in [6.45, 7) is 2.04. The van der Waals surface area contributed by atoms with E-state index < -0.39 is 0 Å². The van der Waals surface area contributed by atoms with Crippen LogP contribution in [0.4, 0.5) is 0 Å². The van der Waals surface area contributed by atoms with Crippen molar-refractivity contribution in [3.8, 4) is 5.69 Å². The summed E-state index contributed by atoms with van der Waals surface area (Å²) in [6, 6.07) is 12.3. The van der Waals surface area contributed by atoms with Gasteiger partial charge in [-0.3, -0.25) is 0 Å². The molecule has 1 heterocycles. The Morgan fingerprint density at radius 2 is 1.89 bits per heavy atom. The molecule has 0 amide bonds. The summed E-state index contributed by atoms with van der Waals surface area (Å²) in [6.07, 6.45) is 0.803. The number of benzene rings is 2. The molecule has 0 N–H and O–H groups in total. The van der Waals surface area contributed by atoms with E-state index in [1.54, 1.807) is 4.68 Å². The average Bonchev–Trinajstić information content (AvgIpc) is 2.88. The molecule has 0 aliphatic heterocycles. The minimum Gasteiger partial charge on any atom is -0.197 e. The smallest absolute Gasteiger partial charge is 0.156 e. The molecule has 0 radical (unpaired) electrons. The lowest BCUT2D eigenvalue weighted by Crippen LogP contribution is -2.03. The number of hydrogen-bond acceptors (Lipinski definition) is 3. The van der Waals surface area contributed by atoms with Crippen LogP contribution in [0.25, 0.3) is 16.5 Å². The van der Waals surface area contributed by atoms with Gasteiger partial charge in [-0.2, -0.15) is 4.68 Å². The zero-order valence-corrected chi connectivity index (χ0v) is 11.4. The summed E-state index contributed by atoms with van der Waals surface area (Å²) in [7, 11) is 0. The van der Waals surface area contributed by atoms with Gasteiger partial charge in [0.1, 0.15) is 0 Å². The highest BCUT2D eigenvalue weighted by Crippen LogP contribution is 2.28. The SMILES string of the molecule is CCc1nnnn1-c1ccc(Br)c2ccccc12. The maximum Gasteiger partial charge on any atom is 0.156 e. The fraction of sp³-hybridized carbons (Fsp3) is 0.154. The Morgan fingerprint density at radius 3 is 2.67 bits per heavy atom. The van der Waals surface area contributed by atoms with E-state index in [1.807, 2.05) is 31.2 Å². The van der Waals surface area contributed by atoms with Crippen LogP contribution in [0.5, 0.6) is 0 Å². The maximum absolute atomic E-state index is 4.08. The first kappa shape index (κ1) is 11.3. The maximum atomic E-state index is 4.08. The summed E-state index contributed by atoms with van der Waals surface area (Å²) in [5.74, 6) is 0.863. The average molecular weight is 303 g/mol. The molecule has 0 unspecified atom stereocenters. The van der Waals surface area contributed by atoms with E-state index >= 15 is 0 Å². The third-order valence-electron chi connectivity index (χ3n) is 2.93. The Labute approximate surface area is 113 Å². The van der Waals surface area contributed by atoms with Crippen LogP contribution in [0.3, 0.4) is 0 Å². The minimum absolute atomic E-state index is 0.803. The molecule has 0 saturated heterocycles. The molecule has 18 heavy (non-hydrogen) atoms. The Morgan fingerprint density at radius 1 is 1.11 bits per heavy atom. The third-order valence-corrected chi connectivity index (χ3v) is 3.62. The summed E-state index contributed by atoms with van der Waals surface area (Å²) in [5, 5.41) is 14.2. The van der Waals surface area contributed by atoms with Gasteiger partial charge in [-0.1, -0.05) is 47.1 Å². The van der Waals surface area contributed by atoms with E-state index in [0.717, 1.165) is 33.2 Å². The first-order chi connectivity index (χ1) is 8.81. The number of hydrogen-bond donors (Lipinski definition) is 0. The topological polar surface area (TPSA) is 43.6 Å². The van der Waals surface area contributed by atoms with E-state index in [0.29, 0.717) is 0 Å². The van der Waals surface area contributed by atoms with Gasteiger partial charge in [0.15, 0.2) is 5.82 Å². The largest absolute Gasteiger partial charge is 0.197 e. The van der Waals surface area contributed by atoms with Crippen LogP contribution in [0.2, 0.25) is 0 Å². The molecule has 0 atom stereocenters. The number of tetrazole rings is 1. The van der Waals surface area contributed by atoms with Crippen LogP contribution in [0.1, 0.15) is 12.7 Å². The number of halogens is 1. The quantitative estimate of drug-likeness (QED) is 0.730. The molecule has 3 rings (SSSR count). The number of rotatable bonds is 2. The second-order valence-electron chi connectivity index (χ2n) is 3.97. The Balaban J connectivity index is 2.34. The molecule has 0 bridgehead atoms. The van der Waals surface area contributed by atoms with Gasteiger partial charge >= 0.3 is 0 Å². The molecule has 2 aromatic carbocycles. The van der Waals surface area contributed by atoms with Gasteiger partial charge in [0, 0.05) is 16.3 Å². The summed E-state index contributed by atoms with van der Waals surface area (Å²) < 4.78 is 2.88. The Bertz CT molecular complexity index is 705. The first-order valence-corrected chi connectivity index (χ1v) is 6.55. The van der Waals surface area contributed by atoms with Crippen LogP contribution in [0.15, 0.2) is 40.9 Å². The molecule has 0 aliphatic rings. The van der Waals surface area contributed by atoms with Gasteiger partial charge in [-0.25, -0.2) is 0 Å². The van der Waals surface area contributed by atoms with Crippen molar-refractivity contribution < 1.29 is 0 Å². The normalized spacial score (nSPS) is 11.0. The fourth-order valence-electron chi connectivity index (χ4n) is 2.04. The van der Waals surface area contributed by atoms with Crippen LogP contribution in [-0.2, 0) is 6.42 Å². The Kier molecular flexibility index (Phi) is 2.83. The lowest BCUT2D eigenvalue weighted by atomic mass is 10.1. The van der Waals surface area contributed by atoms with Crippen LogP contribution in [0, 0.1) is 0 Å². The lowest BCUT2D eigenvalue weighted by Gasteiger charge is -2.08. The summed E-state index contributed by atoms with van der Waals surface area (Å²) >= 11 is 3.57. The second kappa shape index (κ2) is 4.49. The Hall–Kier alpha value is -1.75. The van der Waals surface area contributed by atoms with Crippen molar-refractivity contribution in [2.75, 3.05) is 0 Å². The molecular formula is C13H11BrN4. The summed E-state index contributed by atoms with van der Waals surface area (Å²) in [5.41, 5.74) is 1.01. The van der Waals surface area contributed by atoms with Gasteiger partial charge < -0.3 is 0 Å². The number of aromatic nitrogens is 4. The van der Waals surface area contributed by atoms with Crippen molar-refractivity contribution in [1.29, 1.82) is 0 Å². The zero-order chi connectivity index (χ0) is 12.5. The minimum atomic E-state index is 0.803. The molecule has 90 valence electrons. The number of fused-ring (bicyclic) bond motifs is 1. The van der Waals surface area contributed by atoms with E-state index in [9.17, 15) is 0 Å². The number of aryl methyl sites for hydroxylation is 1. The van der Waals surface area contributed by atoms with Crippen molar-refractivity contribution in [3.63, 3.8) is 0 Å². The molecular weight excluding hydrogens is 292 g/mol. The van der Waals surface area contributed by atoms with Gasteiger partial charge in [0.05, 0.1) is 5.69 Å². The fourth-order valence-corrected chi connectivity index (χ4v) is 2.52. The molecule has 5 heteroatoms. The van der Waals surface area contributed by atoms with Crippen molar-refractivity contribution in [2.24, 2.45) is 0 Å². The van der Waals surface area contributed by atoms with E-state index in [1.165, 1.54) is 0 Å². The highest BCUT2D eigenvalue weighted by molar-refractivity contribution is 9.10. The van der Waals surface area contributed by atoms with Gasteiger partial charge in [-0.05, 0) is 27.9 Å². The van der Waals surface area contributed by atoms with Crippen molar-refractivity contribution in [3.05, 3.63) is 46.7 Å². The van der Waals surface area contributed by atoms with Crippen LogP contribution in [-0.4, -0.2) is 20.2 Å². The van der Waals surface area contributed by atoms with E-state index in [-0.39, 0.29) is 0 Å². The van der Waals surface area contributed by atoms with E-state index in [2.05, 4.69) is 43.6 Å². The molecule has 3 aromatic rings. The second-order valence-corrected chi connectivity index (χ2v) is 4.83. The van der Waals surface area contributed by atoms with Gasteiger partial charge in [-0.15, -0.1) is 5.10 Å². The molecule has 0 spiro atoms. The van der Waals surface area contributed by atoms with Gasteiger partial charge in [0.2, 0.25) is 0 Å². The predicted molar refractivity (Wildman–Crippen MR) is 73.7 cm³/mol. The zero-order valence-electron chi connectivity index (χ0n) is 9.84. The van der Waals surface area contributed by atoms with Crippen LogP contribution >= 0.6 is 15.9 Å². The highest BCUT2D eigenvalue weighted by Gasteiger charge is 2.10. The molecule has 0 fully saturated rings. The van der Waals surface area contributed by atoms with Crippen molar-refractivity contribution in [1.82, 2.24) is 20.2 Å². The van der Waals surface area contributed by atoms with Crippen molar-refractivity contribution >= 4 is 26.7 Å². The monoisotopic (exact) mass is 302 g/mol. The van der Waals surface area contributed by atoms with Crippen molar-refractivity contribution in [2.45, 2.75) is 13.3 Å². The lowest BCUT2D eigenvalue weighted by molar-refractivity contribution is 0.771. The molecule has 1 aromatic heterocycles. The summed E-state index contributed by atoms with van der Waals surface area (Å²) in [4.78, 5) is 0. The van der Waals surface area contributed by atoms with Gasteiger partial charge in [0.25, 0.3) is 0 Å². The highest BCUT2D eigenvalue weighted by atomic mass is 79.9. The third kappa shape index (κ3) is 1.71. The van der Waals surface area contributed by atoms with E-state index in [4.69, 9.17) is 0 Å². The number of nitrogens with zero attached hydrogens (tertiary/aromatic N) is 4.